The summed E-state index contributed by atoms with van der Waals surface area (Å²) >= 11 is 0. The first-order valence-corrected chi connectivity index (χ1v) is 7.13. The number of nitrogens with one attached hydrogen (secondary N) is 1. The van der Waals surface area contributed by atoms with Crippen LogP contribution in [0.1, 0.15) is 29.2 Å². The van der Waals surface area contributed by atoms with Crippen molar-refractivity contribution in [1.82, 2.24) is 5.32 Å². The molecule has 2 aromatic carbocycles. The van der Waals surface area contributed by atoms with Crippen molar-refractivity contribution in [2.45, 2.75) is 26.3 Å². The molecular weight excluding hydrogens is 246 g/mol. The van der Waals surface area contributed by atoms with Gasteiger partial charge in [0.2, 0.25) is 0 Å². The number of benzene rings is 2. The van der Waals surface area contributed by atoms with Crippen molar-refractivity contribution in [3.63, 3.8) is 0 Å². The summed E-state index contributed by atoms with van der Waals surface area (Å²) in [4.78, 5) is 0. The van der Waals surface area contributed by atoms with Gasteiger partial charge in [-0.05, 0) is 44.2 Å². The van der Waals surface area contributed by atoms with Gasteiger partial charge in [0.25, 0.3) is 0 Å². The van der Waals surface area contributed by atoms with Gasteiger partial charge in [0, 0.05) is 12.5 Å². The van der Waals surface area contributed by atoms with Gasteiger partial charge in [-0.15, -0.1) is 0 Å². The van der Waals surface area contributed by atoms with E-state index in [1.807, 2.05) is 37.4 Å². The lowest BCUT2D eigenvalue weighted by Crippen LogP contribution is -2.20. The maximum atomic E-state index is 5.79. The molecule has 1 unspecified atom stereocenters. The molecule has 0 aliphatic heterocycles. The fourth-order valence-electron chi connectivity index (χ4n) is 2.40. The van der Waals surface area contributed by atoms with E-state index in [-0.39, 0.29) is 0 Å². The third-order valence-corrected chi connectivity index (χ3v) is 3.58. The van der Waals surface area contributed by atoms with Crippen LogP contribution in [0.15, 0.2) is 48.5 Å². The summed E-state index contributed by atoms with van der Waals surface area (Å²) < 4.78 is 5.79. The minimum Gasteiger partial charge on any atom is -0.494 e. The number of aryl methyl sites for hydroxylation is 2. The molecule has 0 aromatic heterocycles. The maximum Gasteiger partial charge on any atom is 0.119 e. The highest BCUT2D eigenvalue weighted by molar-refractivity contribution is 5.33. The molecule has 2 aromatic rings. The average Bonchev–Trinajstić information content (AvgIpc) is 2.48. The van der Waals surface area contributed by atoms with Gasteiger partial charge >= 0.3 is 0 Å². The highest BCUT2D eigenvalue weighted by Crippen LogP contribution is 2.22. The topological polar surface area (TPSA) is 21.3 Å². The molecule has 106 valence electrons. The van der Waals surface area contributed by atoms with Crippen molar-refractivity contribution in [3.8, 4) is 5.75 Å². The average molecular weight is 269 g/mol. The van der Waals surface area contributed by atoms with Gasteiger partial charge in [-0.2, -0.15) is 0 Å². The highest BCUT2D eigenvalue weighted by Gasteiger charge is 2.12. The highest BCUT2D eigenvalue weighted by atomic mass is 16.5. The van der Waals surface area contributed by atoms with E-state index in [0.717, 1.165) is 12.2 Å². The number of hydrogen-bond acceptors (Lipinski definition) is 2. The van der Waals surface area contributed by atoms with Crippen LogP contribution < -0.4 is 10.1 Å². The predicted octanol–water partition coefficient (Wildman–Crippen LogP) is 4.03. The quantitative estimate of drug-likeness (QED) is 0.854. The Kier molecular flexibility index (Phi) is 5.19. The van der Waals surface area contributed by atoms with E-state index < -0.39 is 0 Å². The summed E-state index contributed by atoms with van der Waals surface area (Å²) in [6.45, 7) is 5.01. The minimum atomic E-state index is 0.332. The Morgan fingerprint density at radius 3 is 2.50 bits per heavy atom. The van der Waals surface area contributed by atoms with Crippen molar-refractivity contribution in [1.29, 1.82) is 0 Å². The molecule has 0 aliphatic carbocycles. The van der Waals surface area contributed by atoms with Crippen LogP contribution in [0.4, 0.5) is 0 Å². The van der Waals surface area contributed by atoms with E-state index in [4.69, 9.17) is 4.74 Å². The summed E-state index contributed by atoms with van der Waals surface area (Å²) in [6, 6.07) is 16.9. The Morgan fingerprint density at radius 2 is 1.80 bits per heavy atom. The lowest BCUT2D eigenvalue weighted by molar-refractivity contribution is 0.290. The van der Waals surface area contributed by atoms with E-state index in [0.29, 0.717) is 12.6 Å². The molecule has 0 spiro atoms. The SMILES string of the molecule is CNC(CCOc1ccccc1)c1cc(C)ccc1C. The van der Waals surface area contributed by atoms with Gasteiger partial charge in [0.1, 0.15) is 5.75 Å². The van der Waals surface area contributed by atoms with E-state index in [1.54, 1.807) is 0 Å². The molecule has 0 radical (unpaired) electrons. The first kappa shape index (κ1) is 14.6. The van der Waals surface area contributed by atoms with Crippen LogP contribution in [0.25, 0.3) is 0 Å². The second-order valence-electron chi connectivity index (χ2n) is 5.15. The monoisotopic (exact) mass is 269 g/mol. The zero-order valence-electron chi connectivity index (χ0n) is 12.5. The van der Waals surface area contributed by atoms with Gasteiger partial charge in [-0.25, -0.2) is 0 Å². The van der Waals surface area contributed by atoms with Crippen LogP contribution in [-0.2, 0) is 0 Å². The van der Waals surface area contributed by atoms with E-state index in [2.05, 4.69) is 37.4 Å². The van der Waals surface area contributed by atoms with Crippen molar-refractivity contribution >= 4 is 0 Å². The third kappa shape index (κ3) is 3.84. The summed E-state index contributed by atoms with van der Waals surface area (Å²) in [5, 5.41) is 3.39. The van der Waals surface area contributed by atoms with Crippen LogP contribution in [0, 0.1) is 13.8 Å². The Balaban J connectivity index is 1.97. The minimum absolute atomic E-state index is 0.332. The van der Waals surface area contributed by atoms with Crippen molar-refractivity contribution in [2.75, 3.05) is 13.7 Å². The van der Waals surface area contributed by atoms with E-state index >= 15 is 0 Å². The van der Waals surface area contributed by atoms with Crippen LogP contribution in [-0.4, -0.2) is 13.7 Å². The summed E-state index contributed by atoms with van der Waals surface area (Å²) in [6.07, 6.45) is 0.954. The number of para-hydroxylation sites is 1. The molecule has 2 heteroatoms. The molecule has 1 atom stereocenters. The second kappa shape index (κ2) is 7.11. The van der Waals surface area contributed by atoms with Crippen LogP contribution in [0.3, 0.4) is 0 Å². The first-order chi connectivity index (χ1) is 9.70. The molecule has 0 fully saturated rings. The van der Waals surface area contributed by atoms with Gasteiger partial charge in [-0.1, -0.05) is 42.0 Å². The summed E-state index contributed by atoms with van der Waals surface area (Å²) in [5.41, 5.74) is 3.99. The Hall–Kier alpha value is -1.80. The van der Waals surface area contributed by atoms with E-state index in [1.165, 1.54) is 16.7 Å². The molecule has 0 heterocycles. The second-order valence-corrected chi connectivity index (χ2v) is 5.15. The predicted molar refractivity (Wildman–Crippen MR) is 84.3 cm³/mol. The zero-order valence-corrected chi connectivity index (χ0v) is 12.5. The van der Waals surface area contributed by atoms with Crippen molar-refractivity contribution in [2.24, 2.45) is 0 Å². The normalized spacial score (nSPS) is 12.2. The Morgan fingerprint density at radius 1 is 1.05 bits per heavy atom. The van der Waals surface area contributed by atoms with Crippen LogP contribution >= 0.6 is 0 Å². The molecule has 2 nitrogen and oxygen atoms in total. The molecule has 2 rings (SSSR count). The molecular formula is C18H23NO. The molecule has 0 saturated heterocycles. The smallest absolute Gasteiger partial charge is 0.119 e. The first-order valence-electron chi connectivity index (χ1n) is 7.13. The maximum absolute atomic E-state index is 5.79. The zero-order chi connectivity index (χ0) is 14.4. The van der Waals surface area contributed by atoms with Gasteiger partial charge in [-0.3, -0.25) is 0 Å². The lowest BCUT2D eigenvalue weighted by atomic mass is 9.97. The number of rotatable bonds is 6. The molecule has 0 bridgehead atoms. The molecule has 0 aliphatic rings. The summed E-state index contributed by atoms with van der Waals surface area (Å²) in [5.74, 6) is 0.934. The van der Waals surface area contributed by atoms with Crippen molar-refractivity contribution < 1.29 is 4.74 Å². The molecule has 20 heavy (non-hydrogen) atoms. The molecule has 0 saturated carbocycles. The Bertz CT molecular complexity index is 536. The fourth-order valence-corrected chi connectivity index (χ4v) is 2.40. The fraction of sp³-hybridized carbons (Fsp3) is 0.333. The van der Waals surface area contributed by atoms with Gasteiger partial charge < -0.3 is 10.1 Å². The van der Waals surface area contributed by atoms with Crippen molar-refractivity contribution in [3.05, 3.63) is 65.2 Å². The number of ether oxygens (including phenoxy) is 1. The van der Waals surface area contributed by atoms with Gasteiger partial charge in [0.15, 0.2) is 0 Å². The number of hydrogen-bond donors (Lipinski definition) is 1. The standard InChI is InChI=1S/C18H23NO/c1-14-9-10-15(2)17(13-14)18(19-3)11-12-20-16-7-5-4-6-8-16/h4-10,13,18-19H,11-12H2,1-3H3. The van der Waals surface area contributed by atoms with Crippen LogP contribution in [0.5, 0.6) is 5.75 Å². The summed E-state index contributed by atoms with van der Waals surface area (Å²) in [7, 11) is 2.01. The Labute approximate surface area is 121 Å². The largest absolute Gasteiger partial charge is 0.494 e. The molecule has 0 amide bonds. The van der Waals surface area contributed by atoms with E-state index in [9.17, 15) is 0 Å². The third-order valence-electron chi connectivity index (χ3n) is 3.58. The van der Waals surface area contributed by atoms with Crippen LogP contribution in [0.2, 0.25) is 0 Å². The molecule has 1 N–H and O–H groups in total. The lowest BCUT2D eigenvalue weighted by Gasteiger charge is -2.19. The van der Waals surface area contributed by atoms with Gasteiger partial charge in [0.05, 0.1) is 6.61 Å².